The number of nitrogens with zero attached hydrogens (tertiary/aromatic N) is 4. The van der Waals surface area contributed by atoms with Crippen LogP contribution < -0.4 is 4.90 Å². The molecule has 2 N–H and O–H groups in total. The molecule has 3 heterocycles. The van der Waals surface area contributed by atoms with Gasteiger partial charge in [0, 0.05) is 18.7 Å². The first-order valence-corrected chi connectivity index (χ1v) is 8.46. The van der Waals surface area contributed by atoms with Gasteiger partial charge < -0.3 is 10.1 Å². The van der Waals surface area contributed by atoms with Crippen LogP contribution in [-0.4, -0.2) is 32.7 Å². The minimum Gasteiger partial charge on any atom is -0.465 e. The lowest BCUT2D eigenvalue weighted by Gasteiger charge is -2.27. The molecule has 0 fully saturated rings. The lowest BCUT2D eigenvalue weighted by Crippen LogP contribution is -2.34. The maximum absolute atomic E-state index is 11.4. The van der Waals surface area contributed by atoms with E-state index in [1.807, 2.05) is 19.1 Å². The molecular formula is C19H17N5O2. The topological polar surface area (TPSA) is 106 Å². The van der Waals surface area contributed by atoms with Gasteiger partial charge in [-0.3, -0.25) is 4.90 Å². The minimum absolute atomic E-state index is 0.000223. The van der Waals surface area contributed by atoms with Gasteiger partial charge in [-0.15, -0.1) is 0 Å². The third-order valence-electron chi connectivity index (χ3n) is 4.85. The van der Waals surface area contributed by atoms with E-state index in [2.05, 4.69) is 27.1 Å². The molecule has 1 aliphatic rings. The quantitative estimate of drug-likeness (QED) is 0.739. The molecule has 1 aromatic carbocycles. The Morgan fingerprint density at radius 2 is 2.27 bits per heavy atom. The van der Waals surface area contributed by atoms with E-state index in [4.69, 9.17) is 5.26 Å². The van der Waals surface area contributed by atoms with Crippen molar-refractivity contribution in [2.75, 3.05) is 11.4 Å². The molecule has 7 nitrogen and oxygen atoms in total. The molecule has 0 radical (unpaired) electrons. The number of nitriles is 1. The number of anilines is 1. The second kappa shape index (κ2) is 6.15. The maximum Gasteiger partial charge on any atom is 0.411 e. The maximum atomic E-state index is 11.4. The molecule has 130 valence electrons. The van der Waals surface area contributed by atoms with Crippen LogP contribution in [0.4, 0.5) is 10.5 Å². The number of carbonyl (C=O) groups is 1. The second-order valence-electron chi connectivity index (χ2n) is 6.48. The van der Waals surface area contributed by atoms with E-state index in [0.717, 1.165) is 41.0 Å². The van der Waals surface area contributed by atoms with Crippen molar-refractivity contribution in [1.82, 2.24) is 15.0 Å². The highest BCUT2D eigenvalue weighted by molar-refractivity contribution is 5.87. The Morgan fingerprint density at radius 3 is 3.04 bits per heavy atom. The number of rotatable bonds is 2. The van der Waals surface area contributed by atoms with Crippen molar-refractivity contribution in [3.8, 4) is 6.07 Å². The number of nitrogens with one attached hydrogen (secondary N) is 1. The zero-order valence-corrected chi connectivity index (χ0v) is 14.2. The Hall–Kier alpha value is -3.40. The summed E-state index contributed by atoms with van der Waals surface area (Å²) in [6, 6.07) is 9.71. The number of pyridine rings is 1. The molecule has 1 aliphatic heterocycles. The van der Waals surface area contributed by atoms with E-state index < -0.39 is 6.09 Å². The SMILES string of the molecule is C[C@@H](c1ccc2c(c1)CCCN2C(=O)O)c1nc2ncc(C#N)cc2[nH]1. The first kappa shape index (κ1) is 16.1. The third-order valence-corrected chi connectivity index (χ3v) is 4.85. The minimum atomic E-state index is -0.914. The fourth-order valence-corrected chi connectivity index (χ4v) is 3.43. The van der Waals surface area contributed by atoms with E-state index in [1.165, 1.54) is 11.1 Å². The Bertz CT molecular complexity index is 1050. The average molecular weight is 347 g/mol. The Labute approximate surface area is 149 Å². The summed E-state index contributed by atoms with van der Waals surface area (Å²) < 4.78 is 0. The fourth-order valence-electron chi connectivity index (χ4n) is 3.43. The number of hydrogen-bond donors (Lipinski definition) is 2. The summed E-state index contributed by atoms with van der Waals surface area (Å²) in [6.07, 6.45) is 2.29. The van der Waals surface area contributed by atoms with Gasteiger partial charge in [0.1, 0.15) is 11.9 Å². The number of aryl methyl sites for hydroxylation is 1. The number of amides is 1. The fraction of sp³-hybridized carbons (Fsp3) is 0.263. The van der Waals surface area contributed by atoms with Crippen molar-refractivity contribution in [2.45, 2.75) is 25.7 Å². The Morgan fingerprint density at radius 1 is 1.42 bits per heavy atom. The van der Waals surface area contributed by atoms with Crippen LogP contribution in [0.5, 0.6) is 0 Å². The van der Waals surface area contributed by atoms with Crippen LogP contribution >= 0.6 is 0 Å². The Balaban J connectivity index is 1.69. The van der Waals surface area contributed by atoms with Gasteiger partial charge in [-0.25, -0.2) is 14.8 Å². The van der Waals surface area contributed by atoms with Gasteiger partial charge in [-0.1, -0.05) is 19.1 Å². The third kappa shape index (κ3) is 2.65. The van der Waals surface area contributed by atoms with E-state index in [9.17, 15) is 9.90 Å². The molecule has 1 atom stereocenters. The summed E-state index contributed by atoms with van der Waals surface area (Å²) in [6.45, 7) is 2.58. The normalized spacial score (nSPS) is 14.7. The van der Waals surface area contributed by atoms with Crippen LogP contribution in [0.1, 0.15) is 41.8 Å². The molecule has 4 rings (SSSR count). The highest BCUT2D eigenvalue weighted by Crippen LogP contribution is 2.32. The van der Waals surface area contributed by atoms with Crippen molar-refractivity contribution in [2.24, 2.45) is 0 Å². The zero-order valence-electron chi connectivity index (χ0n) is 14.2. The molecule has 0 spiro atoms. The van der Waals surface area contributed by atoms with Crippen molar-refractivity contribution in [3.05, 3.63) is 53.0 Å². The van der Waals surface area contributed by atoms with E-state index in [0.29, 0.717) is 17.8 Å². The summed E-state index contributed by atoms with van der Waals surface area (Å²) in [5.41, 5.74) is 4.69. The number of hydrogen-bond acceptors (Lipinski definition) is 4. The van der Waals surface area contributed by atoms with Crippen molar-refractivity contribution in [1.29, 1.82) is 5.26 Å². The molecule has 0 aliphatic carbocycles. The summed E-state index contributed by atoms with van der Waals surface area (Å²) >= 11 is 0. The Kier molecular flexibility index (Phi) is 3.81. The molecular weight excluding hydrogens is 330 g/mol. The smallest absolute Gasteiger partial charge is 0.411 e. The first-order valence-electron chi connectivity index (χ1n) is 8.46. The van der Waals surface area contributed by atoms with Gasteiger partial charge in [0.05, 0.1) is 16.8 Å². The van der Waals surface area contributed by atoms with Gasteiger partial charge in [0.2, 0.25) is 0 Å². The summed E-state index contributed by atoms with van der Waals surface area (Å²) in [5.74, 6) is 0.772. The monoisotopic (exact) mass is 347 g/mol. The van der Waals surface area contributed by atoms with Crippen molar-refractivity contribution < 1.29 is 9.90 Å². The lowest BCUT2D eigenvalue weighted by atomic mass is 9.93. The number of imidazole rings is 1. The number of fused-ring (bicyclic) bond motifs is 2. The van der Waals surface area contributed by atoms with Crippen LogP contribution in [0.2, 0.25) is 0 Å². The number of benzene rings is 1. The molecule has 0 bridgehead atoms. The number of carboxylic acid groups (broad SMARTS) is 1. The molecule has 3 aromatic rings. The zero-order chi connectivity index (χ0) is 18.3. The lowest BCUT2D eigenvalue weighted by molar-refractivity contribution is 0.201. The van der Waals surface area contributed by atoms with Crippen LogP contribution in [0, 0.1) is 11.3 Å². The highest BCUT2D eigenvalue weighted by atomic mass is 16.4. The molecule has 2 aromatic heterocycles. The number of aromatic amines is 1. The number of aromatic nitrogens is 3. The largest absolute Gasteiger partial charge is 0.465 e. The second-order valence-corrected chi connectivity index (χ2v) is 6.48. The first-order chi connectivity index (χ1) is 12.6. The summed E-state index contributed by atoms with van der Waals surface area (Å²) in [5, 5.41) is 18.3. The molecule has 26 heavy (non-hydrogen) atoms. The van der Waals surface area contributed by atoms with Crippen molar-refractivity contribution >= 4 is 22.9 Å². The molecule has 7 heteroatoms. The van der Waals surface area contributed by atoms with Gasteiger partial charge >= 0.3 is 6.09 Å². The van der Waals surface area contributed by atoms with Crippen LogP contribution in [0.15, 0.2) is 30.5 Å². The van der Waals surface area contributed by atoms with Gasteiger partial charge in [0.15, 0.2) is 5.65 Å². The molecule has 0 saturated carbocycles. The molecule has 0 saturated heterocycles. The highest BCUT2D eigenvalue weighted by Gasteiger charge is 2.23. The van der Waals surface area contributed by atoms with E-state index in [1.54, 1.807) is 6.07 Å². The predicted octanol–water partition coefficient (Wildman–Crippen LogP) is 3.41. The van der Waals surface area contributed by atoms with Crippen LogP contribution in [0.25, 0.3) is 11.2 Å². The standard InChI is InChI=1S/C19H17N5O2/c1-11(17-22-15-7-12(9-20)10-21-18(15)23-17)13-4-5-16-14(8-13)3-2-6-24(16)19(25)26/h4-5,7-8,10-11H,2-3,6H2,1H3,(H,25,26)(H,21,22,23)/t11-/m0/s1. The molecule has 0 unspecified atom stereocenters. The van der Waals surface area contributed by atoms with Crippen molar-refractivity contribution in [3.63, 3.8) is 0 Å². The summed E-state index contributed by atoms with van der Waals surface area (Å²) in [4.78, 5) is 24.8. The van der Waals surface area contributed by atoms with Gasteiger partial charge in [-0.2, -0.15) is 5.26 Å². The predicted molar refractivity (Wildman–Crippen MR) is 96.3 cm³/mol. The molecule has 1 amide bonds. The van der Waals surface area contributed by atoms with Gasteiger partial charge in [0.25, 0.3) is 0 Å². The van der Waals surface area contributed by atoms with E-state index >= 15 is 0 Å². The van der Waals surface area contributed by atoms with Gasteiger partial charge in [-0.05, 0) is 36.1 Å². The van der Waals surface area contributed by atoms with Crippen LogP contribution in [-0.2, 0) is 6.42 Å². The number of H-pyrrole nitrogens is 1. The van der Waals surface area contributed by atoms with Crippen LogP contribution in [0.3, 0.4) is 0 Å². The summed E-state index contributed by atoms with van der Waals surface area (Å²) in [7, 11) is 0. The van der Waals surface area contributed by atoms with E-state index in [-0.39, 0.29) is 5.92 Å². The average Bonchev–Trinajstić information content (AvgIpc) is 3.09.